The Balaban J connectivity index is 1.67. The SMILES string of the molecule is NC(=O)Nc1sc(-c2ccccc2OCCNCc2ccccc2)cc1C(N)=O. The highest BCUT2D eigenvalue weighted by atomic mass is 32.1. The molecule has 29 heavy (non-hydrogen) atoms. The summed E-state index contributed by atoms with van der Waals surface area (Å²) in [6, 6.07) is 18.5. The maximum absolute atomic E-state index is 11.7. The molecular formula is C21H22N4O3S. The highest BCUT2D eigenvalue weighted by molar-refractivity contribution is 7.20. The van der Waals surface area contributed by atoms with Gasteiger partial charge in [0.2, 0.25) is 0 Å². The maximum Gasteiger partial charge on any atom is 0.317 e. The first-order valence-corrected chi connectivity index (χ1v) is 9.83. The molecule has 0 fully saturated rings. The number of para-hydroxylation sites is 1. The summed E-state index contributed by atoms with van der Waals surface area (Å²) in [6.45, 7) is 1.92. The Labute approximate surface area is 172 Å². The molecule has 0 saturated carbocycles. The number of urea groups is 1. The number of ether oxygens (including phenoxy) is 1. The zero-order valence-corrected chi connectivity index (χ0v) is 16.5. The first kappa shape index (κ1) is 20.4. The van der Waals surface area contributed by atoms with Crippen molar-refractivity contribution in [2.24, 2.45) is 11.5 Å². The lowest BCUT2D eigenvalue weighted by molar-refractivity contribution is 0.100. The number of hydrogen-bond donors (Lipinski definition) is 4. The van der Waals surface area contributed by atoms with E-state index in [2.05, 4.69) is 22.8 Å². The average Bonchev–Trinajstić information content (AvgIpc) is 3.12. The lowest BCUT2D eigenvalue weighted by Crippen LogP contribution is -2.21. The van der Waals surface area contributed by atoms with E-state index in [1.807, 2.05) is 42.5 Å². The number of primary amides is 2. The van der Waals surface area contributed by atoms with Crippen LogP contribution in [-0.2, 0) is 6.54 Å². The minimum atomic E-state index is -0.755. The van der Waals surface area contributed by atoms with Gasteiger partial charge < -0.3 is 21.5 Å². The Kier molecular flexibility index (Phi) is 6.83. The maximum atomic E-state index is 11.7. The van der Waals surface area contributed by atoms with Gasteiger partial charge in [-0.1, -0.05) is 42.5 Å². The number of carbonyl (C=O) groups is 2. The van der Waals surface area contributed by atoms with Crippen molar-refractivity contribution in [2.45, 2.75) is 6.54 Å². The van der Waals surface area contributed by atoms with E-state index in [4.69, 9.17) is 16.2 Å². The van der Waals surface area contributed by atoms with E-state index >= 15 is 0 Å². The van der Waals surface area contributed by atoms with Crippen molar-refractivity contribution in [3.05, 3.63) is 71.8 Å². The Morgan fingerprint density at radius 1 is 1.00 bits per heavy atom. The zero-order valence-electron chi connectivity index (χ0n) is 15.7. The lowest BCUT2D eigenvalue weighted by Gasteiger charge is -2.11. The largest absolute Gasteiger partial charge is 0.492 e. The molecular weight excluding hydrogens is 388 g/mol. The van der Waals surface area contributed by atoms with Crippen LogP contribution >= 0.6 is 11.3 Å². The lowest BCUT2D eigenvalue weighted by atomic mass is 10.1. The molecule has 2 aromatic carbocycles. The van der Waals surface area contributed by atoms with Gasteiger partial charge in [-0.2, -0.15) is 0 Å². The van der Waals surface area contributed by atoms with Crippen molar-refractivity contribution in [3.63, 3.8) is 0 Å². The fourth-order valence-corrected chi connectivity index (χ4v) is 3.87. The van der Waals surface area contributed by atoms with E-state index in [0.29, 0.717) is 23.9 Å². The van der Waals surface area contributed by atoms with Crippen LogP contribution in [0.2, 0.25) is 0 Å². The number of carbonyl (C=O) groups excluding carboxylic acids is 2. The minimum Gasteiger partial charge on any atom is -0.492 e. The van der Waals surface area contributed by atoms with Gasteiger partial charge in [-0.15, -0.1) is 11.3 Å². The summed E-state index contributed by atoms with van der Waals surface area (Å²) >= 11 is 1.22. The number of rotatable bonds is 9. The number of anilines is 1. The van der Waals surface area contributed by atoms with Crippen molar-refractivity contribution in [1.82, 2.24) is 5.32 Å². The summed E-state index contributed by atoms with van der Waals surface area (Å²) in [6.07, 6.45) is 0. The smallest absolute Gasteiger partial charge is 0.317 e. The highest BCUT2D eigenvalue weighted by Crippen LogP contribution is 2.39. The van der Waals surface area contributed by atoms with Gasteiger partial charge in [-0.3, -0.25) is 10.1 Å². The predicted octanol–water partition coefficient (Wildman–Crippen LogP) is 3.17. The Morgan fingerprint density at radius 2 is 1.72 bits per heavy atom. The number of thiophene rings is 1. The summed E-state index contributed by atoms with van der Waals surface area (Å²) in [4.78, 5) is 23.6. The van der Waals surface area contributed by atoms with E-state index < -0.39 is 11.9 Å². The monoisotopic (exact) mass is 410 g/mol. The molecule has 0 saturated heterocycles. The van der Waals surface area contributed by atoms with Crippen molar-refractivity contribution in [1.29, 1.82) is 0 Å². The van der Waals surface area contributed by atoms with Crippen LogP contribution in [0.25, 0.3) is 10.4 Å². The third-order valence-corrected chi connectivity index (χ3v) is 5.18. The number of amides is 3. The molecule has 1 heterocycles. The quantitative estimate of drug-likeness (QED) is 0.405. The van der Waals surface area contributed by atoms with Crippen LogP contribution < -0.4 is 26.8 Å². The molecule has 1 aromatic heterocycles. The summed E-state index contributed by atoms with van der Waals surface area (Å²) in [7, 11) is 0. The van der Waals surface area contributed by atoms with Crippen molar-refractivity contribution in [2.75, 3.05) is 18.5 Å². The molecule has 6 N–H and O–H groups in total. The number of nitrogens with two attached hydrogens (primary N) is 2. The predicted molar refractivity (Wildman–Crippen MR) is 115 cm³/mol. The molecule has 0 atom stereocenters. The Bertz CT molecular complexity index is 989. The molecule has 0 bridgehead atoms. The number of benzene rings is 2. The second-order valence-corrected chi connectivity index (χ2v) is 7.27. The van der Waals surface area contributed by atoms with Gasteiger partial charge in [-0.05, 0) is 23.8 Å². The van der Waals surface area contributed by atoms with Crippen molar-refractivity contribution < 1.29 is 14.3 Å². The summed E-state index contributed by atoms with van der Waals surface area (Å²) < 4.78 is 5.94. The molecule has 3 amide bonds. The Hall–Kier alpha value is -3.36. The van der Waals surface area contributed by atoms with Crippen LogP contribution in [0.15, 0.2) is 60.7 Å². The van der Waals surface area contributed by atoms with Gasteiger partial charge in [0, 0.05) is 23.5 Å². The molecule has 0 aliphatic heterocycles. The normalized spacial score (nSPS) is 10.5. The topological polar surface area (TPSA) is 119 Å². The van der Waals surface area contributed by atoms with Crippen molar-refractivity contribution >= 4 is 28.3 Å². The van der Waals surface area contributed by atoms with Gasteiger partial charge in [0.25, 0.3) is 5.91 Å². The zero-order chi connectivity index (χ0) is 20.6. The number of nitrogens with one attached hydrogen (secondary N) is 2. The van der Waals surface area contributed by atoms with Crippen LogP contribution in [0.4, 0.5) is 9.80 Å². The van der Waals surface area contributed by atoms with E-state index in [0.717, 1.165) is 17.0 Å². The highest BCUT2D eigenvalue weighted by Gasteiger charge is 2.18. The summed E-state index contributed by atoms with van der Waals surface area (Å²) in [5, 5.41) is 6.10. The van der Waals surface area contributed by atoms with E-state index in [9.17, 15) is 9.59 Å². The summed E-state index contributed by atoms with van der Waals surface area (Å²) in [5.41, 5.74) is 12.8. The standard InChI is InChI=1S/C21H22N4O3S/c22-19(26)16-12-18(29-20(16)25-21(23)27)15-8-4-5-9-17(15)28-11-10-24-13-14-6-2-1-3-7-14/h1-9,12,24H,10-11,13H2,(H2,22,26)(H3,23,25,27). The van der Waals surface area contributed by atoms with E-state index in [1.54, 1.807) is 6.07 Å². The van der Waals surface area contributed by atoms with Crippen LogP contribution in [0.1, 0.15) is 15.9 Å². The van der Waals surface area contributed by atoms with Gasteiger partial charge >= 0.3 is 6.03 Å². The molecule has 0 radical (unpaired) electrons. The average molecular weight is 410 g/mol. The van der Waals surface area contributed by atoms with Gasteiger partial charge in [0.15, 0.2) is 0 Å². The van der Waals surface area contributed by atoms with Gasteiger partial charge in [-0.25, -0.2) is 4.79 Å². The molecule has 3 aromatic rings. The molecule has 8 heteroatoms. The molecule has 0 aliphatic carbocycles. The van der Waals surface area contributed by atoms with E-state index in [-0.39, 0.29) is 5.56 Å². The van der Waals surface area contributed by atoms with E-state index in [1.165, 1.54) is 16.9 Å². The van der Waals surface area contributed by atoms with Crippen LogP contribution in [-0.4, -0.2) is 25.1 Å². The van der Waals surface area contributed by atoms with Crippen LogP contribution in [0.5, 0.6) is 5.75 Å². The molecule has 150 valence electrons. The molecule has 0 spiro atoms. The minimum absolute atomic E-state index is 0.211. The van der Waals surface area contributed by atoms with Gasteiger partial charge in [0.1, 0.15) is 17.4 Å². The summed E-state index contributed by atoms with van der Waals surface area (Å²) in [5.74, 6) is 0.0386. The van der Waals surface area contributed by atoms with Crippen molar-refractivity contribution in [3.8, 4) is 16.2 Å². The van der Waals surface area contributed by atoms with Gasteiger partial charge in [0.05, 0.1) is 5.56 Å². The molecule has 7 nitrogen and oxygen atoms in total. The molecule has 0 unspecified atom stereocenters. The first-order valence-electron chi connectivity index (χ1n) is 9.01. The second kappa shape index (κ2) is 9.72. The Morgan fingerprint density at radius 3 is 2.45 bits per heavy atom. The molecule has 0 aliphatic rings. The third-order valence-electron chi connectivity index (χ3n) is 4.10. The molecule has 3 rings (SSSR count). The fraction of sp³-hybridized carbons (Fsp3) is 0.143. The second-order valence-electron chi connectivity index (χ2n) is 6.21. The third kappa shape index (κ3) is 5.56. The first-order chi connectivity index (χ1) is 14.0. The number of hydrogen-bond acceptors (Lipinski definition) is 5. The van der Waals surface area contributed by atoms with Crippen LogP contribution in [0.3, 0.4) is 0 Å². The fourth-order valence-electron chi connectivity index (χ4n) is 2.77. The van der Waals surface area contributed by atoms with Crippen LogP contribution in [0, 0.1) is 0 Å².